The van der Waals surface area contributed by atoms with Crippen molar-refractivity contribution in [2.24, 2.45) is 0 Å². The Hall–Kier alpha value is -1.15. The van der Waals surface area contributed by atoms with E-state index in [2.05, 4.69) is 14.2 Å². The van der Waals surface area contributed by atoms with Gasteiger partial charge in [0.05, 0.1) is 11.1 Å². The van der Waals surface area contributed by atoms with Crippen LogP contribution in [0.5, 0.6) is 0 Å². The molecule has 0 radical (unpaired) electrons. The van der Waals surface area contributed by atoms with Crippen molar-refractivity contribution in [1.29, 1.82) is 0 Å². The number of rotatable bonds is 2. The van der Waals surface area contributed by atoms with Gasteiger partial charge in [0.1, 0.15) is 0 Å². The lowest BCUT2D eigenvalue weighted by Crippen LogP contribution is -2.05. The molecule has 0 N–H and O–H groups in total. The van der Waals surface area contributed by atoms with Crippen LogP contribution in [0.2, 0.25) is 0 Å². The minimum Gasteiger partial charge on any atom is -0.252 e. The molecule has 0 aliphatic heterocycles. The van der Waals surface area contributed by atoms with Gasteiger partial charge in [-0.2, -0.15) is 13.2 Å². The molecule has 0 saturated carbocycles. The molecule has 2 aromatic rings. The van der Waals surface area contributed by atoms with Crippen molar-refractivity contribution in [1.82, 2.24) is 4.98 Å². The van der Waals surface area contributed by atoms with Gasteiger partial charge < -0.3 is 0 Å². The van der Waals surface area contributed by atoms with Crippen LogP contribution in [0.25, 0.3) is 10.9 Å². The molecular formula is C15H19F3NP. The standard InChI is InChI=1S/C13H13F3NP.C2H6/c1-2-8-5-10(7-18)17-12-6-9(13(14,15)16)3-4-11(8)12;1-2/h3-6H,2,7,18H2,1H3;1-2H3. The van der Waals surface area contributed by atoms with Gasteiger partial charge in [0, 0.05) is 17.2 Å². The molecule has 0 aliphatic carbocycles. The van der Waals surface area contributed by atoms with E-state index < -0.39 is 11.7 Å². The minimum atomic E-state index is -4.32. The number of fused-ring (bicyclic) bond motifs is 1. The van der Waals surface area contributed by atoms with Gasteiger partial charge in [0.2, 0.25) is 0 Å². The molecule has 0 saturated heterocycles. The Balaban J connectivity index is 0.000000956. The van der Waals surface area contributed by atoms with Crippen molar-refractivity contribution in [3.8, 4) is 0 Å². The number of aromatic nitrogens is 1. The van der Waals surface area contributed by atoms with Gasteiger partial charge in [0.15, 0.2) is 0 Å². The van der Waals surface area contributed by atoms with Crippen LogP contribution < -0.4 is 0 Å². The average molecular weight is 301 g/mol. The highest BCUT2D eigenvalue weighted by Gasteiger charge is 2.30. The molecular weight excluding hydrogens is 282 g/mol. The van der Waals surface area contributed by atoms with Crippen molar-refractivity contribution in [3.05, 3.63) is 41.1 Å². The fourth-order valence-electron chi connectivity index (χ4n) is 1.93. The maximum atomic E-state index is 12.6. The molecule has 1 unspecified atom stereocenters. The lowest BCUT2D eigenvalue weighted by Gasteiger charge is -2.10. The van der Waals surface area contributed by atoms with Crippen LogP contribution in [0.3, 0.4) is 0 Å². The first-order valence-corrected chi connectivity index (χ1v) is 7.47. The van der Waals surface area contributed by atoms with Gasteiger partial charge in [0.25, 0.3) is 0 Å². The zero-order chi connectivity index (χ0) is 15.3. The predicted molar refractivity (Wildman–Crippen MR) is 80.9 cm³/mol. The third-order valence-electron chi connectivity index (χ3n) is 2.87. The molecule has 0 spiro atoms. The van der Waals surface area contributed by atoms with Gasteiger partial charge in [-0.1, -0.05) is 26.8 Å². The van der Waals surface area contributed by atoms with Gasteiger partial charge in [-0.15, -0.1) is 9.24 Å². The fraction of sp³-hybridized carbons (Fsp3) is 0.400. The van der Waals surface area contributed by atoms with Crippen LogP contribution in [-0.2, 0) is 18.8 Å². The van der Waals surface area contributed by atoms with Crippen LogP contribution in [0, 0.1) is 0 Å². The summed E-state index contributed by atoms with van der Waals surface area (Å²) in [7, 11) is 2.54. The molecule has 1 nitrogen and oxygen atoms in total. The molecule has 0 bridgehead atoms. The second kappa shape index (κ2) is 7.03. The second-order valence-electron chi connectivity index (χ2n) is 4.06. The summed E-state index contributed by atoms with van der Waals surface area (Å²) in [6, 6.07) is 5.70. The molecule has 5 heteroatoms. The molecule has 2 rings (SSSR count). The third kappa shape index (κ3) is 3.69. The van der Waals surface area contributed by atoms with Gasteiger partial charge in [-0.05, 0) is 30.2 Å². The highest BCUT2D eigenvalue weighted by molar-refractivity contribution is 7.15. The zero-order valence-electron chi connectivity index (χ0n) is 11.9. The third-order valence-corrected chi connectivity index (χ3v) is 3.28. The van der Waals surface area contributed by atoms with Crippen LogP contribution in [0.4, 0.5) is 13.2 Å². The number of hydrogen-bond donors (Lipinski definition) is 0. The normalized spacial score (nSPS) is 11.2. The summed E-state index contributed by atoms with van der Waals surface area (Å²) in [6.45, 7) is 5.99. The number of alkyl halides is 3. The Labute approximate surface area is 119 Å². The van der Waals surface area contributed by atoms with Crippen molar-refractivity contribution >= 4 is 20.1 Å². The monoisotopic (exact) mass is 301 g/mol. The molecule has 1 atom stereocenters. The van der Waals surface area contributed by atoms with Gasteiger partial charge in [-0.25, -0.2) is 0 Å². The quantitative estimate of drug-likeness (QED) is 0.693. The largest absolute Gasteiger partial charge is 0.416 e. The first-order valence-electron chi connectivity index (χ1n) is 6.65. The average Bonchev–Trinajstić information content (AvgIpc) is 2.46. The van der Waals surface area contributed by atoms with Crippen LogP contribution in [0.1, 0.15) is 37.6 Å². The summed E-state index contributed by atoms with van der Waals surface area (Å²) in [4.78, 5) is 4.26. The first kappa shape index (κ1) is 16.9. The van der Waals surface area contributed by atoms with E-state index in [9.17, 15) is 13.2 Å². The highest BCUT2D eigenvalue weighted by Crippen LogP contribution is 2.32. The predicted octanol–water partition coefficient (Wildman–Crippen LogP) is 5.22. The summed E-state index contributed by atoms with van der Waals surface area (Å²) in [5.74, 6) is 0. The van der Waals surface area contributed by atoms with E-state index >= 15 is 0 Å². The minimum absolute atomic E-state index is 0.418. The molecule has 0 amide bonds. The van der Waals surface area contributed by atoms with Crippen molar-refractivity contribution in [2.75, 3.05) is 0 Å². The maximum Gasteiger partial charge on any atom is 0.416 e. The van der Waals surface area contributed by atoms with Crippen molar-refractivity contribution < 1.29 is 13.2 Å². The van der Waals surface area contributed by atoms with Crippen molar-refractivity contribution in [3.63, 3.8) is 0 Å². The number of benzene rings is 1. The Bertz CT molecular complexity index is 579. The van der Waals surface area contributed by atoms with Crippen LogP contribution >= 0.6 is 9.24 Å². The van der Waals surface area contributed by atoms with E-state index in [1.807, 2.05) is 26.8 Å². The summed E-state index contributed by atoms with van der Waals surface area (Å²) in [5, 5.41) is 0.799. The van der Waals surface area contributed by atoms with Gasteiger partial charge >= 0.3 is 6.18 Å². The number of halogens is 3. The Kier molecular flexibility index (Phi) is 5.94. The van der Waals surface area contributed by atoms with E-state index in [0.29, 0.717) is 11.7 Å². The molecule has 0 aliphatic rings. The molecule has 1 aromatic carbocycles. The molecule has 1 aromatic heterocycles. The van der Waals surface area contributed by atoms with E-state index in [1.54, 1.807) is 0 Å². The summed E-state index contributed by atoms with van der Waals surface area (Å²) in [5.41, 5.74) is 1.60. The number of aryl methyl sites for hydroxylation is 1. The Morgan fingerprint density at radius 1 is 1.15 bits per heavy atom. The molecule has 110 valence electrons. The number of pyridine rings is 1. The fourth-order valence-corrected chi connectivity index (χ4v) is 2.14. The lowest BCUT2D eigenvalue weighted by atomic mass is 10.0. The van der Waals surface area contributed by atoms with Gasteiger partial charge in [-0.3, -0.25) is 4.98 Å². The molecule has 0 fully saturated rings. The van der Waals surface area contributed by atoms with E-state index in [0.717, 1.165) is 35.2 Å². The topological polar surface area (TPSA) is 12.9 Å². The van der Waals surface area contributed by atoms with E-state index in [-0.39, 0.29) is 0 Å². The SMILES string of the molecule is CC.CCc1cc(CP)nc2cc(C(F)(F)F)ccc12. The molecule has 1 heterocycles. The maximum absolute atomic E-state index is 12.6. The summed E-state index contributed by atoms with van der Waals surface area (Å²) < 4.78 is 37.9. The van der Waals surface area contributed by atoms with E-state index in [1.165, 1.54) is 6.07 Å². The van der Waals surface area contributed by atoms with Crippen molar-refractivity contribution in [2.45, 2.75) is 39.5 Å². The second-order valence-corrected chi connectivity index (χ2v) is 4.47. The number of hydrogen-bond acceptors (Lipinski definition) is 1. The Morgan fingerprint density at radius 3 is 2.30 bits per heavy atom. The molecule has 20 heavy (non-hydrogen) atoms. The van der Waals surface area contributed by atoms with Crippen LogP contribution in [-0.4, -0.2) is 4.98 Å². The first-order chi connectivity index (χ1) is 9.45. The summed E-state index contributed by atoms with van der Waals surface area (Å²) >= 11 is 0. The zero-order valence-corrected chi connectivity index (χ0v) is 13.0. The Morgan fingerprint density at radius 2 is 1.80 bits per heavy atom. The highest BCUT2D eigenvalue weighted by atomic mass is 31.0. The van der Waals surface area contributed by atoms with Crippen LogP contribution in [0.15, 0.2) is 24.3 Å². The number of nitrogens with zero attached hydrogens (tertiary/aromatic N) is 1. The summed E-state index contributed by atoms with van der Waals surface area (Å²) in [6.07, 6.45) is -2.90. The lowest BCUT2D eigenvalue weighted by molar-refractivity contribution is -0.137. The smallest absolute Gasteiger partial charge is 0.252 e. The van der Waals surface area contributed by atoms with E-state index in [4.69, 9.17) is 0 Å².